The monoisotopic (exact) mass is 259 g/mol. The van der Waals surface area contributed by atoms with E-state index in [1.165, 1.54) is 25.0 Å². The fourth-order valence-corrected chi connectivity index (χ4v) is 1.75. The van der Waals surface area contributed by atoms with Crippen LogP contribution in [0.25, 0.3) is 0 Å². The van der Waals surface area contributed by atoms with Crippen LogP contribution in [0.1, 0.15) is 25.7 Å². The Bertz CT molecular complexity index is 333. The maximum atomic E-state index is 12.8. The minimum atomic E-state index is -0.339. The summed E-state index contributed by atoms with van der Waals surface area (Å²) in [5.74, 6) is 0.220. The number of ether oxygens (including phenoxy) is 1. The van der Waals surface area contributed by atoms with Crippen molar-refractivity contribution in [3.8, 4) is 5.75 Å². The molecular weight excluding hydrogens is 241 g/mol. The average Bonchev–Trinajstić information content (AvgIpc) is 2.30. The zero-order chi connectivity index (χ0) is 12.5. The molecule has 4 heteroatoms. The molecule has 1 rings (SSSR count). The molecular formula is C13H19ClFNO. The lowest BCUT2D eigenvalue weighted by Crippen LogP contribution is -2.07. The topological polar surface area (TPSA) is 21.3 Å². The first kappa shape index (κ1) is 14.3. The van der Waals surface area contributed by atoms with Crippen LogP contribution in [-0.2, 0) is 0 Å². The Morgan fingerprint density at radius 3 is 2.71 bits per heavy atom. The molecule has 0 radical (unpaired) electrons. The summed E-state index contributed by atoms with van der Waals surface area (Å²) in [7, 11) is 1.96. The van der Waals surface area contributed by atoms with E-state index in [1.54, 1.807) is 6.07 Å². The average molecular weight is 260 g/mol. The summed E-state index contributed by atoms with van der Waals surface area (Å²) < 4.78 is 18.2. The van der Waals surface area contributed by atoms with E-state index in [4.69, 9.17) is 16.3 Å². The minimum absolute atomic E-state index is 0.334. The molecule has 96 valence electrons. The molecule has 1 aromatic carbocycles. The molecule has 0 aliphatic heterocycles. The van der Waals surface area contributed by atoms with Crippen LogP contribution >= 0.6 is 11.6 Å². The maximum absolute atomic E-state index is 12.8. The molecule has 0 unspecified atom stereocenters. The van der Waals surface area contributed by atoms with Crippen LogP contribution in [0.2, 0.25) is 5.02 Å². The molecule has 2 nitrogen and oxygen atoms in total. The predicted molar refractivity (Wildman–Crippen MR) is 69.3 cm³/mol. The summed E-state index contributed by atoms with van der Waals surface area (Å²) >= 11 is 5.84. The quantitative estimate of drug-likeness (QED) is 0.720. The van der Waals surface area contributed by atoms with Crippen molar-refractivity contribution in [2.75, 3.05) is 20.2 Å². The Morgan fingerprint density at radius 2 is 2.00 bits per heavy atom. The van der Waals surface area contributed by atoms with E-state index in [-0.39, 0.29) is 5.82 Å². The number of benzene rings is 1. The summed E-state index contributed by atoms with van der Waals surface area (Å²) in [4.78, 5) is 0. The van der Waals surface area contributed by atoms with Gasteiger partial charge in [0.15, 0.2) is 0 Å². The van der Waals surface area contributed by atoms with Crippen molar-refractivity contribution >= 4 is 11.6 Å². The van der Waals surface area contributed by atoms with E-state index in [2.05, 4.69) is 5.32 Å². The van der Waals surface area contributed by atoms with E-state index in [1.807, 2.05) is 7.05 Å². The van der Waals surface area contributed by atoms with Gasteiger partial charge in [-0.1, -0.05) is 24.4 Å². The highest BCUT2D eigenvalue weighted by molar-refractivity contribution is 6.32. The molecule has 0 atom stereocenters. The Kier molecular flexibility index (Phi) is 6.97. The highest BCUT2D eigenvalue weighted by Gasteiger charge is 2.02. The zero-order valence-corrected chi connectivity index (χ0v) is 10.9. The highest BCUT2D eigenvalue weighted by atomic mass is 35.5. The summed E-state index contributed by atoms with van der Waals surface area (Å²) in [6.45, 7) is 1.69. The van der Waals surface area contributed by atoms with Crippen molar-refractivity contribution in [3.05, 3.63) is 29.0 Å². The molecule has 0 spiro atoms. The summed E-state index contributed by atoms with van der Waals surface area (Å²) in [5, 5.41) is 3.45. The van der Waals surface area contributed by atoms with Gasteiger partial charge in [0.05, 0.1) is 11.6 Å². The fourth-order valence-electron chi connectivity index (χ4n) is 1.53. The number of nitrogens with one attached hydrogen (secondary N) is 1. The number of rotatable bonds is 8. The molecule has 0 bridgehead atoms. The zero-order valence-electron chi connectivity index (χ0n) is 10.1. The van der Waals surface area contributed by atoms with Gasteiger partial charge in [-0.05, 0) is 44.6 Å². The predicted octanol–water partition coefficient (Wildman–Crippen LogP) is 3.64. The van der Waals surface area contributed by atoms with E-state index in [0.29, 0.717) is 17.4 Å². The first-order valence-corrected chi connectivity index (χ1v) is 6.34. The van der Waals surface area contributed by atoms with Gasteiger partial charge in [-0.15, -0.1) is 0 Å². The van der Waals surface area contributed by atoms with Gasteiger partial charge in [0.1, 0.15) is 11.6 Å². The normalized spacial score (nSPS) is 10.5. The Labute approximate surface area is 107 Å². The SMILES string of the molecule is CNCCCCCCOc1ccc(F)cc1Cl. The lowest BCUT2D eigenvalue weighted by atomic mass is 10.2. The lowest BCUT2D eigenvalue weighted by molar-refractivity contribution is 0.304. The molecule has 0 saturated carbocycles. The standard InChI is InChI=1S/C13H19ClFNO/c1-16-8-4-2-3-5-9-17-13-7-6-11(15)10-12(13)14/h6-7,10,16H,2-5,8-9H2,1H3. The van der Waals surface area contributed by atoms with Crippen molar-refractivity contribution in [1.82, 2.24) is 5.32 Å². The van der Waals surface area contributed by atoms with Crippen molar-refractivity contribution < 1.29 is 9.13 Å². The van der Waals surface area contributed by atoms with E-state index in [9.17, 15) is 4.39 Å². The van der Waals surface area contributed by atoms with Crippen LogP contribution < -0.4 is 10.1 Å². The summed E-state index contributed by atoms with van der Waals surface area (Å²) in [6, 6.07) is 4.19. The second kappa shape index (κ2) is 8.31. The van der Waals surface area contributed by atoms with Gasteiger partial charge in [-0.25, -0.2) is 4.39 Å². The molecule has 0 aliphatic carbocycles. The van der Waals surface area contributed by atoms with Gasteiger partial charge in [-0.3, -0.25) is 0 Å². The van der Waals surface area contributed by atoms with Gasteiger partial charge in [-0.2, -0.15) is 0 Å². The van der Waals surface area contributed by atoms with Gasteiger partial charge in [0.2, 0.25) is 0 Å². The van der Waals surface area contributed by atoms with E-state index in [0.717, 1.165) is 19.4 Å². The number of hydrogen-bond acceptors (Lipinski definition) is 2. The lowest BCUT2D eigenvalue weighted by Gasteiger charge is -2.07. The van der Waals surface area contributed by atoms with E-state index >= 15 is 0 Å². The molecule has 0 aliphatic rings. The molecule has 17 heavy (non-hydrogen) atoms. The van der Waals surface area contributed by atoms with E-state index < -0.39 is 0 Å². The second-order valence-electron chi connectivity index (χ2n) is 3.94. The van der Waals surface area contributed by atoms with Crippen molar-refractivity contribution in [1.29, 1.82) is 0 Å². The van der Waals surface area contributed by atoms with Crippen LogP contribution in [0.3, 0.4) is 0 Å². The summed E-state index contributed by atoms with van der Waals surface area (Å²) in [6.07, 6.45) is 4.52. The molecule has 1 N–H and O–H groups in total. The number of halogens is 2. The third-order valence-corrected chi connectivity index (χ3v) is 2.77. The van der Waals surface area contributed by atoms with Gasteiger partial charge < -0.3 is 10.1 Å². The maximum Gasteiger partial charge on any atom is 0.138 e. The third kappa shape index (κ3) is 5.89. The molecule has 0 amide bonds. The van der Waals surface area contributed by atoms with Crippen molar-refractivity contribution in [3.63, 3.8) is 0 Å². The number of unbranched alkanes of at least 4 members (excludes halogenated alkanes) is 3. The Balaban J connectivity index is 2.14. The molecule has 0 aromatic heterocycles. The Morgan fingerprint density at radius 1 is 1.24 bits per heavy atom. The third-order valence-electron chi connectivity index (χ3n) is 2.47. The van der Waals surface area contributed by atoms with Crippen molar-refractivity contribution in [2.45, 2.75) is 25.7 Å². The van der Waals surface area contributed by atoms with Gasteiger partial charge in [0.25, 0.3) is 0 Å². The van der Waals surface area contributed by atoms with Crippen LogP contribution in [-0.4, -0.2) is 20.2 Å². The van der Waals surface area contributed by atoms with Gasteiger partial charge >= 0.3 is 0 Å². The summed E-state index contributed by atoms with van der Waals surface area (Å²) in [5.41, 5.74) is 0. The molecule has 1 aromatic rings. The van der Waals surface area contributed by atoms with Crippen LogP contribution in [0.15, 0.2) is 18.2 Å². The van der Waals surface area contributed by atoms with Crippen LogP contribution in [0, 0.1) is 5.82 Å². The van der Waals surface area contributed by atoms with Crippen LogP contribution in [0.4, 0.5) is 4.39 Å². The van der Waals surface area contributed by atoms with Gasteiger partial charge in [0, 0.05) is 0 Å². The Hall–Kier alpha value is -0.800. The fraction of sp³-hybridized carbons (Fsp3) is 0.538. The second-order valence-corrected chi connectivity index (χ2v) is 4.35. The molecule has 0 heterocycles. The first-order chi connectivity index (χ1) is 8.24. The smallest absolute Gasteiger partial charge is 0.138 e. The minimum Gasteiger partial charge on any atom is -0.492 e. The molecule has 0 fully saturated rings. The van der Waals surface area contributed by atoms with Crippen LogP contribution in [0.5, 0.6) is 5.75 Å². The first-order valence-electron chi connectivity index (χ1n) is 5.96. The van der Waals surface area contributed by atoms with Crippen molar-refractivity contribution in [2.24, 2.45) is 0 Å². The molecule has 0 saturated heterocycles. The highest BCUT2D eigenvalue weighted by Crippen LogP contribution is 2.24. The number of hydrogen-bond donors (Lipinski definition) is 1. The largest absolute Gasteiger partial charge is 0.492 e.